The first-order valence-corrected chi connectivity index (χ1v) is 7.18. The minimum Gasteiger partial charge on any atom is -0.322 e. The van der Waals surface area contributed by atoms with Gasteiger partial charge in [0.05, 0.1) is 0 Å². The molecule has 100 valence electrons. The third-order valence-electron chi connectivity index (χ3n) is 4.34. The van der Waals surface area contributed by atoms with E-state index in [1.807, 2.05) is 0 Å². The average Bonchev–Trinajstić information content (AvgIpc) is 2.68. The minimum absolute atomic E-state index is 0.0334. The van der Waals surface area contributed by atoms with Crippen molar-refractivity contribution in [3.8, 4) is 0 Å². The van der Waals surface area contributed by atoms with Crippen LogP contribution in [0.1, 0.15) is 51.1 Å². The van der Waals surface area contributed by atoms with Crippen LogP contribution in [0.3, 0.4) is 0 Å². The number of nitrogens with two attached hydrogens (primary N) is 1. The molecule has 1 heterocycles. The van der Waals surface area contributed by atoms with Gasteiger partial charge < -0.3 is 5.73 Å². The second-order valence-corrected chi connectivity index (χ2v) is 5.94. The molecule has 2 heteroatoms. The zero-order valence-electron chi connectivity index (χ0n) is 11.7. The van der Waals surface area contributed by atoms with E-state index in [1.54, 1.807) is 0 Å². The van der Waals surface area contributed by atoms with Gasteiger partial charge in [-0.15, -0.1) is 0 Å². The van der Waals surface area contributed by atoms with Crippen molar-refractivity contribution < 1.29 is 0 Å². The molecule has 1 saturated heterocycles. The molecule has 1 aliphatic heterocycles. The first kappa shape index (κ1) is 13.6. The number of benzene rings is 1. The lowest BCUT2D eigenvalue weighted by Crippen LogP contribution is -2.51. The SMILES string of the molecule is CC(C)(C(N)c1ccccc1)N1CCCCCC1. The van der Waals surface area contributed by atoms with E-state index in [4.69, 9.17) is 5.73 Å². The third kappa shape index (κ3) is 2.93. The summed E-state index contributed by atoms with van der Waals surface area (Å²) >= 11 is 0. The number of hydrogen-bond donors (Lipinski definition) is 1. The lowest BCUT2D eigenvalue weighted by atomic mass is 9.87. The zero-order valence-corrected chi connectivity index (χ0v) is 11.7. The number of likely N-dealkylation sites (tertiary alicyclic amines) is 1. The summed E-state index contributed by atoms with van der Waals surface area (Å²) in [7, 11) is 0. The van der Waals surface area contributed by atoms with Gasteiger partial charge in [0, 0.05) is 11.6 Å². The van der Waals surface area contributed by atoms with Crippen molar-refractivity contribution in [1.82, 2.24) is 4.90 Å². The van der Waals surface area contributed by atoms with Crippen LogP contribution in [-0.2, 0) is 0 Å². The molecule has 1 aromatic rings. The van der Waals surface area contributed by atoms with Crippen LogP contribution in [-0.4, -0.2) is 23.5 Å². The lowest BCUT2D eigenvalue weighted by molar-refractivity contribution is 0.0980. The predicted molar refractivity (Wildman–Crippen MR) is 77.5 cm³/mol. The van der Waals surface area contributed by atoms with Crippen LogP contribution in [0.25, 0.3) is 0 Å². The van der Waals surface area contributed by atoms with Gasteiger partial charge in [-0.3, -0.25) is 4.90 Å². The molecule has 0 radical (unpaired) electrons. The normalized spacial score (nSPS) is 20.4. The van der Waals surface area contributed by atoms with Gasteiger partial charge in [-0.25, -0.2) is 0 Å². The third-order valence-corrected chi connectivity index (χ3v) is 4.34. The van der Waals surface area contributed by atoms with Crippen LogP contribution in [0.2, 0.25) is 0 Å². The van der Waals surface area contributed by atoms with Gasteiger partial charge in [-0.1, -0.05) is 43.2 Å². The summed E-state index contributed by atoms with van der Waals surface area (Å²) < 4.78 is 0. The van der Waals surface area contributed by atoms with Crippen molar-refractivity contribution in [1.29, 1.82) is 0 Å². The van der Waals surface area contributed by atoms with E-state index in [2.05, 4.69) is 49.1 Å². The fraction of sp³-hybridized carbons (Fsp3) is 0.625. The van der Waals surface area contributed by atoms with Gasteiger partial charge >= 0.3 is 0 Å². The van der Waals surface area contributed by atoms with E-state index in [-0.39, 0.29) is 11.6 Å². The topological polar surface area (TPSA) is 29.3 Å². The van der Waals surface area contributed by atoms with E-state index in [1.165, 1.54) is 44.3 Å². The second-order valence-electron chi connectivity index (χ2n) is 5.94. The van der Waals surface area contributed by atoms with E-state index >= 15 is 0 Å². The van der Waals surface area contributed by atoms with E-state index in [0.29, 0.717) is 0 Å². The molecule has 2 rings (SSSR count). The Kier molecular flexibility index (Phi) is 4.41. The highest BCUT2D eigenvalue weighted by molar-refractivity contribution is 5.22. The molecular formula is C16H26N2. The van der Waals surface area contributed by atoms with Crippen molar-refractivity contribution in [2.75, 3.05) is 13.1 Å². The lowest BCUT2D eigenvalue weighted by Gasteiger charge is -2.42. The Morgan fingerprint density at radius 2 is 1.56 bits per heavy atom. The minimum atomic E-state index is 0.0334. The molecule has 0 aliphatic carbocycles. The van der Waals surface area contributed by atoms with Crippen LogP contribution >= 0.6 is 0 Å². The van der Waals surface area contributed by atoms with Crippen LogP contribution in [0.5, 0.6) is 0 Å². The summed E-state index contributed by atoms with van der Waals surface area (Å²) in [6.07, 6.45) is 5.36. The largest absolute Gasteiger partial charge is 0.322 e. The molecule has 0 aromatic heterocycles. The monoisotopic (exact) mass is 246 g/mol. The number of nitrogens with zero attached hydrogens (tertiary/aromatic N) is 1. The molecule has 0 saturated carbocycles. The van der Waals surface area contributed by atoms with Gasteiger partial charge in [0.25, 0.3) is 0 Å². The first-order valence-electron chi connectivity index (χ1n) is 7.18. The summed E-state index contributed by atoms with van der Waals surface area (Å²) in [6.45, 7) is 6.95. The standard InChI is InChI=1S/C16H26N2/c1-16(2,18-12-8-3-4-9-13-18)15(17)14-10-6-5-7-11-14/h5-7,10-11,15H,3-4,8-9,12-13,17H2,1-2H3. The maximum Gasteiger partial charge on any atom is 0.0476 e. The smallest absolute Gasteiger partial charge is 0.0476 e. The summed E-state index contributed by atoms with van der Waals surface area (Å²) in [5, 5.41) is 0. The van der Waals surface area contributed by atoms with Gasteiger partial charge in [0.15, 0.2) is 0 Å². The Hall–Kier alpha value is -0.860. The molecule has 1 unspecified atom stereocenters. The van der Waals surface area contributed by atoms with Crippen LogP contribution in [0.4, 0.5) is 0 Å². The average molecular weight is 246 g/mol. The molecule has 18 heavy (non-hydrogen) atoms. The molecular weight excluding hydrogens is 220 g/mol. The molecule has 2 N–H and O–H groups in total. The fourth-order valence-corrected chi connectivity index (χ4v) is 2.91. The Morgan fingerprint density at radius 1 is 1.00 bits per heavy atom. The highest BCUT2D eigenvalue weighted by atomic mass is 15.2. The number of rotatable bonds is 3. The van der Waals surface area contributed by atoms with Crippen molar-refractivity contribution in [2.24, 2.45) is 5.73 Å². The first-order chi connectivity index (χ1) is 8.62. The molecule has 1 atom stereocenters. The van der Waals surface area contributed by atoms with E-state index < -0.39 is 0 Å². The van der Waals surface area contributed by atoms with Crippen LogP contribution < -0.4 is 5.73 Å². The molecule has 0 amide bonds. The Morgan fingerprint density at radius 3 is 2.11 bits per heavy atom. The summed E-state index contributed by atoms with van der Waals surface area (Å²) in [6, 6.07) is 10.6. The van der Waals surface area contributed by atoms with Gasteiger partial charge in [0.2, 0.25) is 0 Å². The van der Waals surface area contributed by atoms with Gasteiger partial charge in [-0.05, 0) is 45.3 Å². The summed E-state index contributed by atoms with van der Waals surface area (Å²) in [5.41, 5.74) is 7.79. The van der Waals surface area contributed by atoms with Crippen molar-refractivity contribution >= 4 is 0 Å². The van der Waals surface area contributed by atoms with E-state index in [9.17, 15) is 0 Å². The van der Waals surface area contributed by atoms with Crippen molar-refractivity contribution in [3.63, 3.8) is 0 Å². The number of hydrogen-bond acceptors (Lipinski definition) is 2. The Labute approximate surface area is 111 Å². The van der Waals surface area contributed by atoms with Crippen LogP contribution in [0, 0.1) is 0 Å². The maximum absolute atomic E-state index is 6.51. The highest BCUT2D eigenvalue weighted by Crippen LogP contribution is 2.30. The molecule has 0 spiro atoms. The molecule has 1 fully saturated rings. The molecule has 0 bridgehead atoms. The second kappa shape index (κ2) is 5.85. The van der Waals surface area contributed by atoms with Gasteiger partial charge in [0.1, 0.15) is 0 Å². The predicted octanol–water partition coefficient (Wildman–Crippen LogP) is 3.34. The zero-order chi connectivity index (χ0) is 13.0. The fourth-order valence-electron chi connectivity index (χ4n) is 2.91. The molecule has 1 aliphatic rings. The van der Waals surface area contributed by atoms with Crippen molar-refractivity contribution in [3.05, 3.63) is 35.9 Å². The quantitative estimate of drug-likeness (QED) is 0.886. The van der Waals surface area contributed by atoms with Gasteiger partial charge in [-0.2, -0.15) is 0 Å². The summed E-state index contributed by atoms with van der Waals surface area (Å²) in [5.74, 6) is 0. The molecule has 2 nitrogen and oxygen atoms in total. The Bertz CT molecular complexity index is 351. The maximum atomic E-state index is 6.51. The Balaban J connectivity index is 2.13. The van der Waals surface area contributed by atoms with Crippen LogP contribution in [0.15, 0.2) is 30.3 Å². The summed E-state index contributed by atoms with van der Waals surface area (Å²) in [4.78, 5) is 2.58. The van der Waals surface area contributed by atoms with E-state index in [0.717, 1.165) is 0 Å². The highest BCUT2D eigenvalue weighted by Gasteiger charge is 2.33. The van der Waals surface area contributed by atoms with Crippen molar-refractivity contribution in [2.45, 2.75) is 51.1 Å². The molecule has 1 aromatic carbocycles.